The molecule has 0 atom stereocenters. The molecular weight excluding hydrogens is 238 g/mol. The van der Waals surface area contributed by atoms with Gasteiger partial charge in [-0.25, -0.2) is 4.79 Å². The molecule has 0 saturated carbocycles. The molecule has 0 fully saturated rings. The fraction of sp³-hybridized carbons (Fsp3) is 0.833. The quantitative estimate of drug-likeness (QED) is 0.476. The van der Waals surface area contributed by atoms with Crippen LogP contribution in [0, 0.1) is 0 Å². The van der Waals surface area contributed by atoms with Crippen molar-refractivity contribution in [1.29, 1.82) is 0 Å². The molecule has 0 radical (unpaired) electrons. The van der Waals surface area contributed by atoms with Gasteiger partial charge in [-0.05, 0) is 6.42 Å². The number of ether oxygens (including phenoxy) is 3. The van der Waals surface area contributed by atoms with Gasteiger partial charge >= 0.3 is 12.1 Å². The van der Waals surface area contributed by atoms with Gasteiger partial charge in [0.1, 0.15) is 13.2 Å². The van der Waals surface area contributed by atoms with Gasteiger partial charge in [0.2, 0.25) is 0 Å². The number of carbonyl (C=O) groups is 2. The van der Waals surface area contributed by atoms with Gasteiger partial charge in [-0.1, -0.05) is 26.2 Å². The van der Waals surface area contributed by atoms with Gasteiger partial charge in [0.25, 0.3) is 0 Å². The molecule has 0 aliphatic heterocycles. The summed E-state index contributed by atoms with van der Waals surface area (Å²) in [6.07, 6.45) is 3.55. The van der Waals surface area contributed by atoms with E-state index in [4.69, 9.17) is 14.2 Å². The van der Waals surface area contributed by atoms with Crippen LogP contribution in [0.2, 0.25) is 0 Å². The van der Waals surface area contributed by atoms with Gasteiger partial charge in [0.15, 0.2) is 0 Å². The second-order valence-corrected chi connectivity index (χ2v) is 3.76. The predicted molar refractivity (Wildman–Crippen MR) is 66.3 cm³/mol. The molecule has 0 aliphatic rings. The maximum absolute atomic E-state index is 11.2. The van der Waals surface area contributed by atoms with Crippen molar-refractivity contribution in [1.82, 2.24) is 5.32 Å². The fourth-order valence-corrected chi connectivity index (χ4v) is 1.18. The molecule has 0 aliphatic carbocycles. The molecular formula is C12H23NO5. The Morgan fingerprint density at radius 1 is 1.00 bits per heavy atom. The molecule has 0 aromatic heterocycles. The van der Waals surface area contributed by atoms with E-state index in [-0.39, 0.29) is 13.2 Å². The Kier molecular flexibility index (Phi) is 11.3. The van der Waals surface area contributed by atoms with Crippen LogP contribution in [0.1, 0.15) is 32.6 Å². The van der Waals surface area contributed by atoms with E-state index in [0.29, 0.717) is 13.2 Å². The van der Waals surface area contributed by atoms with E-state index in [1.807, 2.05) is 0 Å². The highest BCUT2D eigenvalue weighted by Gasteiger charge is 2.06. The van der Waals surface area contributed by atoms with E-state index in [0.717, 1.165) is 25.7 Å². The number of methoxy groups -OCH3 is 1. The number of hydrogen-bond acceptors (Lipinski definition) is 5. The summed E-state index contributed by atoms with van der Waals surface area (Å²) < 4.78 is 14.3. The predicted octanol–water partition coefficient (Wildman–Crippen LogP) is 1.48. The van der Waals surface area contributed by atoms with Crippen LogP contribution in [0.5, 0.6) is 0 Å². The number of amides is 1. The standard InChI is InChI=1S/C12H23NO5/c1-3-4-5-6-7-17-11(14)10-13-12(15)18-9-8-16-2/h3-10H2,1-2H3,(H,13,15). The Labute approximate surface area is 108 Å². The molecule has 6 heteroatoms. The highest BCUT2D eigenvalue weighted by atomic mass is 16.6. The van der Waals surface area contributed by atoms with Crippen molar-refractivity contribution >= 4 is 12.1 Å². The van der Waals surface area contributed by atoms with Gasteiger partial charge in [0.05, 0.1) is 13.2 Å². The number of hydrogen-bond donors (Lipinski definition) is 1. The van der Waals surface area contributed by atoms with E-state index in [1.54, 1.807) is 0 Å². The molecule has 1 N–H and O–H groups in total. The average molecular weight is 261 g/mol. The number of carbonyl (C=O) groups excluding carboxylic acids is 2. The normalized spacial score (nSPS) is 9.89. The van der Waals surface area contributed by atoms with E-state index in [2.05, 4.69) is 12.2 Å². The topological polar surface area (TPSA) is 73.9 Å². The van der Waals surface area contributed by atoms with Crippen molar-refractivity contribution in [2.24, 2.45) is 0 Å². The van der Waals surface area contributed by atoms with Crippen molar-refractivity contribution in [2.75, 3.05) is 33.5 Å². The second kappa shape index (κ2) is 12.2. The fourth-order valence-electron chi connectivity index (χ4n) is 1.18. The molecule has 0 aromatic rings. The van der Waals surface area contributed by atoms with Crippen molar-refractivity contribution in [3.05, 3.63) is 0 Å². The maximum Gasteiger partial charge on any atom is 0.407 e. The van der Waals surface area contributed by atoms with Crippen LogP contribution in [-0.4, -0.2) is 45.5 Å². The smallest absolute Gasteiger partial charge is 0.407 e. The molecule has 0 rings (SSSR count). The van der Waals surface area contributed by atoms with E-state index in [9.17, 15) is 9.59 Å². The summed E-state index contributed by atoms with van der Waals surface area (Å²) in [6, 6.07) is 0. The first-order valence-electron chi connectivity index (χ1n) is 6.25. The summed E-state index contributed by atoms with van der Waals surface area (Å²) in [5, 5.41) is 2.30. The van der Waals surface area contributed by atoms with Gasteiger partial charge in [-0.2, -0.15) is 0 Å². The number of alkyl carbamates (subject to hydrolysis) is 1. The highest BCUT2D eigenvalue weighted by molar-refractivity contribution is 5.77. The molecule has 106 valence electrons. The Hall–Kier alpha value is -1.30. The average Bonchev–Trinajstić information content (AvgIpc) is 2.36. The molecule has 18 heavy (non-hydrogen) atoms. The summed E-state index contributed by atoms with van der Waals surface area (Å²) in [7, 11) is 1.51. The number of rotatable bonds is 10. The van der Waals surface area contributed by atoms with Crippen LogP contribution in [0.3, 0.4) is 0 Å². The van der Waals surface area contributed by atoms with Crippen LogP contribution in [0.15, 0.2) is 0 Å². The minimum Gasteiger partial charge on any atom is -0.464 e. The third-order valence-corrected chi connectivity index (χ3v) is 2.16. The zero-order valence-electron chi connectivity index (χ0n) is 11.2. The van der Waals surface area contributed by atoms with Crippen molar-refractivity contribution in [3.8, 4) is 0 Å². The van der Waals surface area contributed by atoms with Crippen molar-refractivity contribution < 1.29 is 23.8 Å². The number of esters is 1. The Morgan fingerprint density at radius 2 is 1.78 bits per heavy atom. The van der Waals surface area contributed by atoms with Gasteiger partial charge in [0, 0.05) is 7.11 Å². The summed E-state index contributed by atoms with van der Waals surface area (Å²) in [4.78, 5) is 22.2. The van der Waals surface area contributed by atoms with Crippen LogP contribution >= 0.6 is 0 Å². The second-order valence-electron chi connectivity index (χ2n) is 3.76. The summed E-state index contributed by atoms with van der Waals surface area (Å²) in [5.41, 5.74) is 0. The zero-order chi connectivity index (χ0) is 13.6. The SMILES string of the molecule is CCCCCCOC(=O)CNC(=O)OCCOC. The minimum atomic E-state index is -0.644. The monoisotopic (exact) mass is 261 g/mol. The Balaban J connectivity index is 3.37. The summed E-state index contributed by atoms with van der Waals surface area (Å²) >= 11 is 0. The first kappa shape index (κ1) is 16.7. The third-order valence-electron chi connectivity index (χ3n) is 2.16. The van der Waals surface area contributed by atoms with E-state index >= 15 is 0 Å². The van der Waals surface area contributed by atoms with Crippen LogP contribution in [-0.2, 0) is 19.0 Å². The lowest BCUT2D eigenvalue weighted by Crippen LogP contribution is -2.31. The summed E-state index contributed by atoms with van der Waals surface area (Å²) in [6.45, 7) is 2.84. The molecule has 0 spiro atoms. The Morgan fingerprint density at radius 3 is 2.44 bits per heavy atom. The van der Waals surface area contributed by atoms with Crippen molar-refractivity contribution in [2.45, 2.75) is 32.6 Å². The van der Waals surface area contributed by atoms with Gasteiger partial charge in [-0.15, -0.1) is 0 Å². The van der Waals surface area contributed by atoms with Crippen LogP contribution < -0.4 is 5.32 Å². The number of unbranched alkanes of at least 4 members (excludes halogenated alkanes) is 3. The molecule has 0 heterocycles. The van der Waals surface area contributed by atoms with Crippen molar-refractivity contribution in [3.63, 3.8) is 0 Å². The lowest BCUT2D eigenvalue weighted by molar-refractivity contribution is -0.142. The van der Waals surface area contributed by atoms with E-state index in [1.165, 1.54) is 7.11 Å². The third kappa shape index (κ3) is 11.2. The maximum atomic E-state index is 11.2. The van der Waals surface area contributed by atoms with Gasteiger partial charge < -0.3 is 19.5 Å². The molecule has 6 nitrogen and oxygen atoms in total. The minimum absolute atomic E-state index is 0.161. The van der Waals surface area contributed by atoms with Gasteiger partial charge in [-0.3, -0.25) is 4.79 Å². The van der Waals surface area contributed by atoms with Crippen LogP contribution in [0.4, 0.5) is 4.79 Å². The molecule has 0 saturated heterocycles. The zero-order valence-corrected chi connectivity index (χ0v) is 11.2. The van der Waals surface area contributed by atoms with E-state index < -0.39 is 12.1 Å². The molecule has 1 amide bonds. The molecule has 0 bridgehead atoms. The molecule has 0 unspecified atom stereocenters. The largest absolute Gasteiger partial charge is 0.464 e. The summed E-state index contributed by atoms with van der Waals surface area (Å²) in [5.74, 6) is -0.449. The lowest BCUT2D eigenvalue weighted by Gasteiger charge is -2.07. The highest BCUT2D eigenvalue weighted by Crippen LogP contribution is 1.98. The molecule has 0 aromatic carbocycles. The lowest BCUT2D eigenvalue weighted by atomic mass is 10.2. The number of nitrogens with one attached hydrogen (secondary N) is 1. The first-order chi connectivity index (χ1) is 8.70. The first-order valence-corrected chi connectivity index (χ1v) is 6.25. The van der Waals surface area contributed by atoms with Crippen LogP contribution in [0.25, 0.3) is 0 Å². The Bertz CT molecular complexity index is 233.